The SMILES string of the molecule is CCOC(=O)c1csc(NC(=O)c2ccc(CC)cc2)n1. The fraction of sp³-hybridized carbons (Fsp3) is 0.267. The summed E-state index contributed by atoms with van der Waals surface area (Å²) >= 11 is 1.19. The second kappa shape index (κ2) is 6.99. The van der Waals surface area contributed by atoms with Crippen LogP contribution >= 0.6 is 11.3 Å². The number of aromatic nitrogens is 1. The lowest BCUT2D eigenvalue weighted by molar-refractivity contribution is 0.0520. The largest absolute Gasteiger partial charge is 0.461 e. The third-order valence-corrected chi connectivity index (χ3v) is 3.59. The summed E-state index contributed by atoms with van der Waals surface area (Å²) in [5, 5.41) is 4.61. The van der Waals surface area contributed by atoms with E-state index in [1.807, 2.05) is 12.1 Å². The van der Waals surface area contributed by atoms with E-state index in [-0.39, 0.29) is 11.6 Å². The summed E-state index contributed by atoms with van der Waals surface area (Å²) in [7, 11) is 0. The van der Waals surface area contributed by atoms with Crippen molar-refractivity contribution in [2.45, 2.75) is 20.3 Å². The number of hydrogen-bond donors (Lipinski definition) is 1. The fourth-order valence-electron chi connectivity index (χ4n) is 1.69. The molecule has 0 aliphatic heterocycles. The molecule has 0 saturated heterocycles. The van der Waals surface area contributed by atoms with E-state index < -0.39 is 5.97 Å². The number of carbonyl (C=O) groups excluding carboxylic acids is 2. The second-order valence-electron chi connectivity index (χ2n) is 4.26. The standard InChI is InChI=1S/C15H16N2O3S/c1-3-10-5-7-11(8-6-10)13(18)17-15-16-12(9-21-15)14(19)20-4-2/h5-9H,3-4H2,1-2H3,(H,16,17,18). The molecule has 0 unspecified atom stereocenters. The van der Waals surface area contributed by atoms with Gasteiger partial charge in [-0.2, -0.15) is 0 Å². The van der Waals surface area contributed by atoms with Crippen LogP contribution in [-0.2, 0) is 11.2 Å². The van der Waals surface area contributed by atoms with Gasteiger partial charge in [0, 0.05) is 10.9 Å². The summed E-state index contributed by atoms with van der Waals surface area (Å²) in [6.07, 6.45) is 0.928. The van der Waals surface area contributed by atoms with E-state index in [0.717, 1.165) is 6.42 Å². The number of anilines is 1. The molecule has 110 valence electrons. The number of rotatable bonds is 5. The summed E-state index contributed by atoms with van der Waals surface area (Å²) in [5.74, 6) is -0.732. The maximum absolute atomic E-state index is 12.1. The van der Waals surface area contributed by atoms with Gasteiger partial charge in [0.1, 0.15) is 0 Å². The van der Waals surface area contributed by atoms with Gasteiger partial charge < -0.3 is 4.74 Å². The zero-order valence-corrected chi connectivity index (χ0v) is 12.7. The minimum absolute atomic E-state index is 0.207. The molecular formula is C15H16N2O3S. The Morgan fingerprint density at radius 2 is 1.95 bits per heavy atom. The van der Waals surface area contributed by atoms with E-state index in [9.17, 15) is 9.59 Å². The van der Waals surface area contributed by atoms with E-state index in [2.05, 4.69) is 17.2 Å². The van der Waals surface area contributed by atoms with Crippen molar-refractivity contribution < 1.29 is 14.3 Å². The van der Waals surface area contributed by atoms with Gasteiger partial charge in [-0.15, -0.1) is 11.3 Å². The number of nitrogens with one attached hydrogen (secondary N) is 1. The minimum atomic E-state index is -0.485. The quantitative estimate of drug-likeness (QED) is 0.862. The number of thiazole rings is 1. The highest BCUT2D eigenvalue weighted by Gasteiger charge is 2.13. The fourth-order valence-corrected chi connectivity index (χ4v) is 2.37. The Balaban J connectivity index is 2.03. The van der Waals surface area contributed by atoms with Crippen LogP contribution in [0.25, 0.3) is 0 Å². The molecule has 0 aliphatic rings. The van der Waals surface area contributed by atoms with E-state index >= 15 is 0 Å². The topological polar surface area (TPSA) is 68.3 Å². The molecule has 0 saturated carbocycles. The van der Waals surface area contributed by atoms with E-state index in [0.29, 0.717) is 17.3 Å². The monoisotopic (exact) mass is 304 g/mol. The Morgan fingerprint density at radius 1 is 1.24 bits per heavy atom. The van der Waals surface area contributed by atoms with Gasteiger partial charge in [0.2, 0.25) is 0 Å². The van der Waals surface area contributed by atoms with Crippen LogP contribution in [0.2, 0.25) is 0 Å². The molecule has 0 radical (unpaired) electrons. The zero-order chi connectivity index (χ0) is 15.2. The first-order valence-corrected chi connectivity index (χ1v) is 7.55. The Hall–Kier alpha value is -2.21. The molecule has 1 aromatic carbocycles. The number of nitrogens with zero attached hydrogens (tertiary/aromatic N) is 1. The zero-order valence-electron chi connectivity index (χ0n) is 11.9. The van der Waals surface area contributed by atoms with Crippen LogP contribution in [-0.4, -0.2) is 23.5 Å². The van der Waals surface area contributed by atoms with Crippen LogP contribution < -0.4 is 5.32 Å². The number of aryl methyl sites for hydroxylation is 1. The average molecular weight is 304 g/mol. The number of carbonyl (C=O) groups is 2. The van der Waals surface area contributed by atoms with Crippen LogP contribution in [0.15, 0.2) is 29.6 Å². The highest BCUT2D eigenvalue weighted by Crippen LogP contribution is 2.17. The number of esters is 1. The second-order valence-corrected chi connectivity index (χ2v) is 5.12. The van der Waals surface area contributed by atoms with Crippen LogP contribution in [0.5, 0.6) is 0 Å². The highest BCUT2D eigenvalue weighted by atomic mass is 32.1. The van der Waals surface area contributed by atoms with E-state index in [1.165, 1.54) is 16.9 Å². The van der Waals surface area contributed by atoms with Crippen molar-refractivity contribution in [2.24, 2.45) is 0 Å². The first-order chi connectivity index (χ1) is 10.1. The predicted octanol–water partition coefficient (Wildman–Crippen LogP) is 3.13. The summed E-state index contributed by atoms with van der Waals surface area (Å²) in [4.78, 5) is 27.6. The van der Waals surface area contributed by atoms with Gasteiger partial charge in [-0.25, -0.2) is 9.78 Å². The molecule has 2 rings (SSSR count). The summed E-state index contributed by atoms with van der Waals surface area (Å²) in [6.45, 7) is 4.08. The van der Waals surface area contributed by atoms with Crippen molar-refractivity contribution >= 4 is 28.3 Å². The molecule has 0 spiro atoms. The molecule has 21 heavy (non-hydrogen) atoms. The Morgan fingerprint density at radius 3 is 2.57 bits per heavy atom. The lowest BCUT2D eigenvalue weighted by atomic mass is 10.1. The van der Waals surface area contributed by atoms with Crippen molar-refractivity contribution in [1.82, 2.24) is 4.98 Å². The molecule has 1 amide bonds. The van der Waals surface area contributed by atoms with Gasteiger partial charge >= 0.3 is 5.97 Å². The molecule has 5 nitrogen and oxygen atoms in total. The van der Waals surface area contributed by atoms with Gasteiger partial charge in [0.15, 0.2) is 10.8 Å². The van der Waals surface area contributed by atoms with E-state index in [1.54, 1.807) is 24.4 Å². The molecular weight excluding hydrogens is 288 g/mol. The first kappa shape index (κ1) is 15.2. The maximum Gasteiger partial charge on any atom is 0.357 e. The minimum Gasteiger partial charge on any atom is -0.461 e. The number of benzene rings is 1. The lowest BCUT2D eigenvalue weighted by Crippen LogP contribution is -2.12. The van der Waals surface area contributed by atoms with Gasteiger partial charge in [-0.3, -0.25) is 10.1 Å². The summed E-state index contributed by atoms with van der Waals surface area (Å²) in [5.41, 5.74) is 1.93. The molecule has 0 aliphatic carbocycles. The predicted molar refractivity (Wildman–Crippen MR) is 81.8 cm³/mol. The van der Waals surface area contributed by atoms with Gasteiger partial charge in [-0.05, 0) is 31.0 Å². The molecule has 0 bridgehead atoms. The maximum atomic E-state index is 12.1. The number of amides is 1. The van der Waals surface area contributed by atoms with Crippen molar-refractivity contribution in [3.8, 4) is 0 Å². The Labute approximate surface area is 127 Å². The molecule has 1 N–H and O–H groups in total. The molecule has 1 aromatic heterocycles. The Kier molecular flexibility index (Phi) is 5.05. The van der Waals surface area contributed by atoms with Gasteiger partial charge in [0.05, 0.1) is 6.61 Å². The van der Waals surface area contributed by atoms with Gasteiger partial charge in [-0.1, -0.05) is 19.1 Å². The van der Waals surface area contributed by atoms with Crippen molar-refractivity contribution in [3.63, 3.8) is 0 Å². The third kappa shape index (κ3) is 3.88. The molecule has 2 aromatic rings. The van der Waals surface area contributed by atoms with Crippen LogP contribution in [0.1, 0.15) is 40.3 Å². The van der Waals surface area contributed by atoms with Crippen LogP contribution in [0.4, 0.5) is 5.13 Å². The number of ether oxygens (including phenoxy) is 1. The molecule has 6 heteroatoms. The first-order valence-electron chi connectivity index (χ1n) is 6.67. The smallest absolute Gasteiger partial charge is 0.357 e. The van der Waals surface area contributed by atoms with Crippen molar-refractivity contribution in [3.05, 3.63) is 46.5 Å². The Bertz CT molecular complexity index is 635. The molecule has 1 heterocycles. The van der Waals surface area contributed by atoms with Crippen LogP contribution in [0, 0.1) is 0 Å². The molecule has 0 atom stereocenters. The number of hydrogen-bond acceptors (Lipinski definition) is 5. The van der Waals surface area contributed by atoms with Crippen molar-refractivity contribution in [1.29, 1.82) is 0 Å². The van der Waals surface area contributed by atoms with Gasteiger partial charge in [0.25, 0.3) is 5.91 Å². The van der Waals surface area contributed by atoms with E-state index in [4.69, 9.17) is 4.74 Å². The average Bonchev–Trinajstić information content (AvgIpc) is 2.96. The van der Waals surface area contributed by atoms with Crippen LogP contribution in [0.3, 0.4) is 0 Å². The summed E-state index contributed by atoms with van der Waals surface area (Å²) < 4.78 is 4.85. The summed E-state index contributed by atoms with van der Waals surface area (Å²) in [6, 6.07) is 7.38. The lowest BCUT2D eigenvalue weighted by Gasteiger charge is -2.02. The highest BCUT2D eigenvalue weighted by molar-refractivity contribution is 7.14. The third-order valence-electron chi connectivity index (χ3n) is 2.83. The van der Waals surface area contributed by atoms with Crippen molar-refractivity contribution in [2.75, 3.05) is 11.9 Å². The molecule has 0 fully saturated rings. The normalized spacial score (nSPS) is 10.2.